The second kappa shape index (κ2) is 8.37. The van der Waals surface area contributed by atoms with E-state index in [9.17, 15) is 9.59 Å². The smallest absolute Gasteiger partial charge is 0.254 e. The Labute approximate surface area is 199 Å². The molecule has 1 saturated heterocycles. The predicted octanol–water partition coefficient (Wildman–Crippen LogP) is 4.83. The van der Waals surface area contributed by atoms with Crippen LogP contribution in [0.15, 0.2) is 58.1 Å². The van der Waals surface area contributed by atoms with E-state index < -0.39 is 0 Å². The lowest BCUT2D eigenvalue weighted by molar-refractivity contribution is -0.140. The normalized spacial score (nSPS) is 25.8. The number of benzene rings is 2. The largest absolute Gasteiger partial charge is 0.493 e. The third-order valence-electron chi connectivity index (χ3n) is 6.35. The number of rotatable bonds is 6. The van der Waals surface area contributed by atoms with Gasteiger partial charge in [0.1, 0.15) is 6.61 Å². The zero-order valence-electron chi connectivity index (χ0n) is 17.2. The van der Waals surface area contributed by atoms with Gasteiger partial charge in [0.05, 0.1) is 29.6 Å². The van der Waals surface area contributed by atoms with Gasteiger partial charge in [0.2, 0.25) is 0 Å². The van der Waals surface area contributed by atoms with Crippen LogP contribution in [0.3, 0.4) is 0 Å². The van der Waals surface area contributed by atoms with Crippen LogP contribution in [-0.4, -0.2) is 30.1 Å². The minimum Gasteiger partial charge on any atom is -0.493 e. The molecule has 0 spiro atoms. The summed E-state index contributed by atoms with van der Waals surface area (Å²) in [6.07, 6.45) is 6.52. The van der Waals surface area contributed by atoms with E-state index in [1.807, 2.05) is 24.3 Å². The third-order valence-corrected chi connectivity index (χ3v) is 7.31. The number of nitrogens with zero attached hydrogens (tertiary/aromatic N) is 2. The molecule has 2 amide bonds. The lowest BCUT2D eigenvalue weighted by atomic mass is 9.85. The van der Waals surface area contributed by atoms with Crippen LogP contribution in [0.25, 0.3) is 0 Å². The number of halogens is 2. The molecule has 164 valence electrons. The van der Waals surface area contributed by atoms with Gasteiger partial charge in [-0.3, -0.25) is 9.59 Å². The first-order chi connectivity index (χ1) is 15.5. The lowest BCUT2D eigenvalue weighted by Gasteiger charge is -2.14. The highest BCUT2D eigenvalue weighted by Gasteiger charge is 2.59. The first-order valence-electron chi connectivity index (χ1n) is 10.3. The number of carbonyl (C=O) groups is 2. The Morgan fingerprint density at radius 1 is 1.16 bits per heavy atom. The van der Waals surface area contributed by atoms with Crippen LogP contribution < -0.4 is 9.47 Å². The van der Waals surface area contributed by atoms with Crippen molar-refractivity contribution in [1.29, 1.82) is 0 Å². The molecule has 2 bridgehead atoms. The fraction of sp³-hybridized carbons (Fsp3) is 0.292. The summed E-state index contributed by atoms with van der Waals surface area (Å²) in [5.41, 5.74) is 1.52. The molecule has 4 atom stereocenters. The molecule has 2 aromatic rings. The molecular weight excluding hydrogens is 496 g/mol. The Hall–Kier alpha value is -2.64. The van der Waals surface area contributed by atoms with Gasteiger partial charge >= 0.3 is 0 Å². The highest BCUT2D eigenvalue weighted by Crippen LogP contribution is 2.52. The average Bonchev–Trinajstić information content (AvgIpc) is 3.46. The Bertz CT molecular complexity index is 1130. The molecule has 6 nitrogen and oxygen atoms in total. The predicted molar refractivity (Wildman–Crippen MR) is 124 cm³/mol. The third kappa shape index (κ3) is 3.53. The molecular formula is C24H20BrClN2O4. The standard InChI is InChI=1S/C24H20BrClN2O4/c1-31-19-9-13(8-17(25)22(19)32-12-16-4-2-3-5-18(16)26)11-27-28-23(29)20-14-6-7-15(10-14)21(20)24(28)30/h2-9,11,14-15,20-21H,10,12H2,1H3/b27-11-/t14-,15-,20+,21+/m0/s1. The van der Waals surface area contributed by atoms with Crippen LogP contribution in [0.1, 0.15) is 17.5 Å². The number of hydrogen-bond donors (Lipinski definition) is 0. The summed E-state index contributed by atoms with van der Waals surface area (Å²) < 4.78 is 12.1. The van der Waals surface area contributed by atoms with Gasteiger partial charge < -0.3 is 9.47 Å². The molecule has 1 saturated carbocycles. The van der Waals surface area contributed by atoms with Gasteiger partial charge in [-0.05, 0) is 57.9 Å². The number of amides is 2. The molecule has 2 aliphatic carbocycles. The monoisotopic (exact) mass is 514 g/mol. The summed E-state index contributed by atoms with van der Waals surface area (Å²) in [7, 11) is 1.54. The van der Waals surface area contributed by atoms with Crippen LogP contribution in [0.4, 0.5) is 0 Å². The zero-order chi connectivity index (χ0) is 22.4. The molecule has 1 heterocycles. The molecule has 0 unspecified atom stereocenters. The van der Waals surface area contributed by atoms with Crippen LogP contribution in [-0.2, 0) is 16.2 Å². The van der Waals surface area contributed by atoms with Crippen molar-refractivity contribution >= 4 is 45.6 Å². The Kier molecular flexibility index (Phi) is 5.55. The highest BCUT2D eigenvalue weighted by atomic mass is 79.9. The van der Waals surface area contributed by atoms with Crippen molar-refractivity contribution in [3.63, 3.8) is 0 Å². The molecule has 2 aromatic carbocycles. The molecule has 1 aliphatic heterocycles. The Morgan fingerprint density at radius 2 is 1.84 bits per heavy atom. The summed E-state index contributed by atoms with van der Waals surface area (Å²) in [6, 6.07) is 11.0. The van der Waals surface area contributed by atoms with Crippen molar-refractivity contribution < 1.29 is 19.1 Å². The maximum Gasteiger partial charge on any atom is 0.254 e. The fourth-order valence-electron chi connectivity index (χ4n) is 4.84. The van der Waals surface area contributed by atoms with Gasteiger partial charge in [-0.15, -0.1) is 0 Å². The number of imide groups is 1. The number of carbonyl (C=O) groups excluding carboxylic acids is 2. The van der Waals surface area contributed by atoms with Gasteiger partial charge in [-0.2, -0.15) is 10.1 Å². The minimum absolute atomic E-state index is 0.158. The van der Waals surface area contributed by atoms with E-state index in [0.29, 0.717) is 26.6 Å². The van der Waals surface area contributed by atoms with Crippen LogP contribution in [0.2, 0.25) is 5.02 Å². The Morgan fingerprint density at radius 3 is 2.50 bits per heavy atom. The maximum absolute atomic E-state index is 12.8. The quantitative estimate of drug-likeness (QED) is 0.314. The van der Waals surface area contributed by atoms with Crippen molar-refractivity contribution in [2.75, 3.05) is 7.11 Å². The SMILES string of the molecule is COc1cc(/C=N\N2C(=O)[C@H]3[C@H](C2=O)[C@H]2C=C[C@H]3C2)cc(Br)c1OCc1ccccc1Cl. The van der Waals surface area contributed by atoms with Crippen molar-refractivity contribution in [2.45, 2.75) is 13.0 Å². The lowest BCUT2D eigenvalue weighted by Crippen LogP contribution is -2.28. The molecule has 0 aromatic heterocycles. The van der Waals surface area contributed by atoms with Crippen molar-refractivity contribution in [3.05, 3.63) is 69.2 Å². The van der Waals surface area contributed by atoms with Gasteiger partial charge in [0.25, 0.3) is 11.8 Å². The number of hydrogen-bond acceptors (Lipinski definition) is 5. The molecule has 2 fully saturated rings. The number of methoxy groups -OCH3 is 1. The van der Waals surface area contributed by atoms with Crippen LogP contribution in [0, 0.1) is 23.7 Å². The second-order valence-electron chi connectivity index (χ2n) is 8.15. The molecule has 8 heteroatoms. The summed E-state index contributed by atoms with van der Waals surface area (Å²) in [4.78, 5) is 25.6. The number of ether oxygens (including phenoxy) is 2. The van der Waals surface area contributed by atoms with Gasteiger partial charge in [-0.1, -0.05) is 42.0 Å². The van der Waals surface area contributed by atoms with Crippen LogP contribution in [0.5, 0.6) is 11.5 Å². The van der Waals surface area contributed by atoms with E-state index in [-0.39, 0.29) is 42.1 Å². The van der Waals surface area contributed by atoms with Crippen LogP contribution >= 0.6 is 27.5 Å². The maximum atomic E-state index is 12.8. The zero-order valence-corrected chi connectivity index (χ0v) is 19.5. The van der Waals surface area contributed by atoms with Crippen molar-refractivity contribution in [2.24, 2.45) is 28.8 Å². The first-order valence-corrected chi connectivity index (χ1v) is 11.5. The molecule has 0 radical (unpaired) electrons. The average molecular weight is 516 g/mol. The summed E-state index contributed by atoms with van der Waals surface area (Å²) in [5.74, 6) is 0.377. The Balaban J connectivity index is 1.34. The van der Waals surface area contributed by atoms with Crippen molar-refractivity contribution in [3.8, 4) is 11.5 Å². The van der Waals surface area contributed by atoms with Gasteiger partial charge in [0.15, 0.2) is 11.5 Å². The number of fused-ring (bicyclic) bond motifs is 5. The summed E-state index contributed by atoms with van der Waals surface area (Å²) in [5, 5.41) is 5.89. The summed E-state index contributed by atoms with van der Waals surface area (Å²) in [6.45, 7) is 0.276. The van der Waals surface area contributed by atoms with E-state index in [1.165, 1.54) is 6.21 Å². The highest BCUT2D eigenvalue weighted by molar-refractivity contribution is 9.10. The molecule has 32 heavy (non-hydrogen) atoms. The van der Waals surface area contributed by atoms with E-state index >= 15 is 0 Å². The summed E-state index contributed by atoms with van der Waals surface area (Å²) >= 11 is 9.73. The van der Waals surface area contributed by atoms with E-state index in [2.05, 4.69) is 33.2 Å². The van der Waals surface area contributed by atoms with Gasteiger partial charge in [-0.25, -0.2) is 0 Å². The molecule has 3 aliphatic rings. The van der Waals surface area contributed by atoms with E-state index in [0.717, 1.165) is 17.0 Å². The van der Waals surface area contributed by atoms with Crippen molar-refractivity contribution in [1.82, 2.24) is 5.01 Å². The van der Waals surface area contributed by atoms with E-state index in [4.69, 9.17) is 21.1 Å². The molecule has 5 rings (SSSR count). The topological polar surface area (TPSA) is 68.2 Å². The second-order valence-corrected chi connectivity index (χ2v) is 9.41. The number of allylic oxidation sites excluding steroid dienone is 2. The minimum atomic E-state index is -0.267. The first kappa shape index (κ1) is 21.2. The fourth-order valence-corrected chi connectivity index (χ4v) is 5.61. The van der Waals surface area contributed by atoms with Gasteiger partial charge in [0, 0.05) is 10.6 Å². The molecule has 0 N–H and O–H groups in total. The number of hydrazone groups is 1. The van der Waals surface area contributed by atoms with E-state index in [1.54, 1.807) is 19.2 Å².